The molecule has 0 saturated heterocycles. The Morgan fingerprint density at radius 3 is 3.00 bits per heavy atom. The maximum Gasteiger partial charge on any atom is 0.189 e. The molecule has 0 amide bonds. The molecule has 1 aliphatic rings. The Hall–Kier alpha value is -1.55. The SMILES string of the molecule is COCc1ccccc1C1CN=C(N)N1. The monoisotopic (exact) mass is 205 g/mol. The molecule has 1 aromatic rings. The fourth-order valence-electron chi connectivity index (χ4n) is 1.80. The molecular weight excluding hydrogens is 190 g/mol. The molecule has 0 aliphatic carbocycles. The van der Waals surface area contributed by atoms with E-state index in [-0.39, 0.29) is 6.04 Å². The Balaban J connectivity index is 2.20. The van der Waals surface area contributed by atoms with Gasteiger partial charge in [-0.3, -0.25) is 4.99 Å². The molecule has 1 aromatic carbocycles. The van der Waals surface area contributed by atoms with Crippen molar-refractivity contribution in [3.05, 3.63) is 35.4 Å². The molecule has 3 N–H and O–H groups in total. The van der Waals surface area contributed by atoms with Gasteiger partial charge in [-0.15, -0.1) is 0 Å². The van der Waals surface area contributed by atoms with Gasteiger partial charge in [0.05, 0.1) is 19.2 Å². The fraction of sp³-hybridized carbons (Fsp3) is 0.364. The van der Waals surface area contributed by atoms with Crippen LogP contribution in [0, 0.1) is 0 Å². The smallest absolute Gasteiger partial charge is 0.189 e. The van der Waals surface area contributed by atoms with Crippen LogP contribution in [0.15, 0.2) is 29.3 Å². The third-order valence-electron chi connectivity index (χ3n) is 2.50. The predicted molar refractivity (Wildman–Crippen MR) is 59.5 cm³/mol. The Bertz CT molecular complexity index is 376. The minimum absolute atomic E-state index is 0.191. The summed E-state index contributed by atoms with van der Waals surface area (Å²) in [6, 6.07) is 8.37. The molecule has 1 aliphatic heterocycles. The van der Waals surface area contributed by atoms with E-state index >= 15 is 0 Å². The van der Waals surface area contributed by atoms with Gasteiger partial charge in [0.2, 0.25) is 0 Å². The lowest BCUT2D eigenvalue weighted by molar-refractivity contribution is 0.183. The average molecular weight is 205 g/mol. The molecular formula is C11H15N3O. The van der Waals surface area contributed by atoms with Crippen molar-refractivity contribution >= 4 is 5.96 Å². The molecule has 1 atom stereocenters. The second-order valence-electron chi connectivity index (χ2n) is 3.55. The first-order valence-electron chi connectivity index (χ1n) is 4.94. The van der Waals surface area contributed by atoms with Crippen molar-refractivity contribution in [1.82, 2.24) is 5.32 Å². The van der Waals surface area contributed by atoms with Gasteiger partial charge in [-0.1, -0.05) is 24.3 Å². The second-order valence-corrected chi connectivity index (χ2v) is 3.55. The normalized spacial score (nSPS) is 19.8. The van der Waals surface area contributed by atoms with Crippen LogP contribution in [-0.2, 0) is 11.3 Å². The molecule has 2 rings (SSSR count). The highest BCUT2D eigenvalue weighted by molar-refractivity contribution is 5.80. The van der Waals surface area contributed by atoms with E-state index in [4.69, 9.17) is 10.5 Å². The van der Waals surface area contributed by atoms with Crippen molar-refractivity contribution in [2.45, 2.75) is 12.6 Å². The van der Waals surface area contributed by atoms with E-state index in [1.165, 1.54) is 11.1 Å². The van der Waals surface area contributed by atoms with E-state index in [0.717, 1.165) is 0 Å². The number of rotatable bonds is 3. The van der Waals surface area contributed by atoms with Gasteiger partial charge in [0.1, 0.15) is 0 Å². The first kappa shape index (κ1) is 9.98. The molecule has 0 fully saturated rings. The van der Waals surface area contributed by atoms with Crippen LogP contribution in [0.4, 0.5) is 0 Å². The number of ether oxygens (including phenoxy) is 1. The quantitative estimate of drug-likeness (QED) is 0.767. The summed E-state index contributed by atoms with van der Waals surface area (Å²) in [5, 5.41) is 3.14. The summed E-state index contributed by atoms with van der Waals surface area (Å²) in [6.07, 6.45) is 0. The van der Waals surface area contributed by atoms with Gasteiger partial charge in [-0.2, -0.15) is 0 Å². The maximum atomic E-state index is 5.59. The van der Waals surface area contributed by atoms with Gasteiger partial charge >= 0.3 is 0 Å². The summed E-state index contributed by atoms with van der Waals surface area (Å²) < 4.78 is 5.16. The predicted octanol–water partition coefficient (Wildman–Crippen LogP) is 0.792. The van der Waals surface area contributed by atoms with Crippen LogP contribution < -0.4 is 11.1 Å². The third-order valence-corrected chi connectivity index (χ3v) is 2.50. The lowest BCUT2D eigenvalue weighted by Crippen LogP contribution is -2.30. The molecule has 0 bridgehead atoms. The van der Waals surface area contributed by atoms with Crippen LogP contribution in [0.25, 0.3) is 0 Å². The standard InChI is InChI=1S/C11H15N3O/c1-15-7-8-4-2-3-5-9(8)10-6-13-11(12)14-10/h2-5,10H,6-7H2,1H3,(H3,12,13,14). The number of guanidine groups is 1. The van der Waals surface area contributed by atoms with E-state index in [2.05, 4.69) is 22.4 Å². The Kier molecular flexibility index (Phi) is 2.87. The molecule has 1 unspecified atom stereocenters. The molecule has 15 heavy (non-hydrogen) atoms. The number of nitrogens with one attached hydrogen (secondary N) is 1. The van der Waals surface area contributed by atoms with Gasteiger partial charge in [0.15, 0.2) is 5.96 Å². The number of nitrogens with two attached hydrogens (primary N) is 1. The zero-order valence-corrected chi connectivity index (χ0v) is 8.73. The van der Waals surface area contributed by atoms with E-state index in [1.54, 1.807) is 7.11 Å². The maximum absolute atomic E-state index is 5.59. The van der Waals surface area contributed by atoms with Gasteiger partial charge in [-0.05, 0) is 11.1 Å². The van der Waals surface area contributed by atoms with Crippen molar-refractivity contribution in [2.75, 3.05) is 13.7 Å². The highest BCUT2D eigenvalue weighted by Crippen LogP contribution is 2.21. The third kappa shape index (κ3) is 2.10. The molecule has 0 saturated carbocycles. The van der Waals surface area contributed by atoms with Crippen LogP contribution in [-0.4, -0.2) is 19.6 Å². The first-order chi connectivity index (χ1) is 7.31. The lowest BCUT2D eigenvalue weighted by atomic mass is 10.0. The number of aliphatic imine (C=N–C) groups is 1. The molecule has 1 heterocycles. The highest BCUT2D eigenvalue weighted by Gasteiger charge is 2.19. The number of methoxy groups -OCH3 is 1. The van der Waals surface area contributed by atoms with Crippen LogP contribution in [0.2, 0.25) is 0 Å². The van der Waals surface area contributed by atoms with Gasteiger partial charge in [-0.25, -0.2) is 0 Å². The second kappa shape index (κ2) is 4.31. The van der Waals surface area contributed by atoms with Gasteiger partial charge < -0.3 is 15.8 Å². The lowest BCUT2D eigenvalue weighted by Gasteiger charge is -2.15. The largest absolute Gasteiger partial charge is 0.380 e. The van der Waals surface area contributed by atoms with E-state index < -0.39 is 0 Å². The number of nitrogens with zero attached hydrogens (tertiary/aromatic N) is 1. The van der Waals surface area contributed by atoms with Crippen molar-refractivity contribution in [1.29, 1.82) is 0 Å². The minimum Gasteiger partial charge on any atom is -0.380 e. The van der Waals surface area contributed by atoms with Crippen LogP contribution in [0.3, 0.4) is 0 Å². The Labute approximate surface area is 89.1 Å². The summed E-state index contributed by atoms with van der Waals surface area (Å²) in [5.74, 6) is 0.521. The molecule has 0 aromatic heterocycles. The van der Waals surface area contributed by atoms with Crippen LogP contribution in [0.1, 0.15) is 17.2 Å². The van der Waals surface area contributed by atoms with Crippen molar-refractivity contribution < 1.29 is 4.74 Å². The number of benzene rings is 1. The molecule has 4 nitrogen and oxygen atoms in total. The highest BCUT2D eigenvalue weighted by atomic mass is 16.5. The summed E-state index contributed by atoms with van der Waals surface area (Å²) in [5.41, 5.74) is 7.99. The summed E-state index contributed by atoms with van der Waals surface area (Å²) in [7, 11) is 1.70. The Morgan fingerprint density at radius 1 is 1.53 bits per heavy atom. The van der Waals surface area contributed by atoms with Crippen LogP contribution in [0.5, 0.6) is 0 Å². The van der Waals surface area contributed by atoms with Gasteiger partial charge in [0, 0.05) is 7.11 Å². The minimum atomic E-state index is 0.191. The van der Waals surface area contributed by atoms with Gasteiger partial charge in [0.25, 0.3) is 0 Å². The molecule has 80 valence electrons. The molecule has 0 spiro atoms. The zero-order chi connectivity index (χ0) is 10.7. The summed E-state index contributed by atoms with van der Waals surface area (Å²) >= 11 is 0. The summed E-state index contributed by atoms with van der Waals surface area (Å²) in [4.78, 5) is 4.14. The Morgan fingerprint density at radius 2 is 2.33 bits per heavy atom. The van der Waals surface area contributed by atoms with E-state index in [0.29, 0.717) is 19.1 Å². The van der Waals surface area contributed by atoms with Crippen molar-refractivity contribution in [3.63, 3.8) is 0 Å². The van der Waals surface area contributed by atoms with Crippen molar-refractivity contribution in [3.8, 4) is 0 Å². The number of hydrogen-bond acceptors (Lipinski definition) is 4. The van der Waals surface area contributed by atoms with Crippen LogP contribution >= 0.6 is 0 Å². The number of hydrogen-bond donors (Lipinski definition) is 2. The fourth-order valence-corrected chi connectivity index (χ4v) is 1.80. The zero-order valence-electron chi connectivity index (χ0n) is 8.73. The molecule has 4 heteroatoms. The van der Waals surface area contributed by atoms with Crippen molar-refractivity contribution in [2.24, 2.45) is 10.7 Å². The first-order valence-corrected chi connectivity index (χ1v) is 4.94. The van der Waals surface area contributed by atoms with E-state index in [9.17, 15) is 0 Å². The average Bonchev–Trinajstić information content (AvgIpc) is 2.66. The topological polar surface area (TPSA) is 59.6 Å². The van der Waals surface area contributed by atoms with E-state index in [1.807, 2.05) is 12.1 Å². The summed E-state index contributed by atoms with van der Waals surface area (Å²) in [6.45, 7) is 1.32. The molecule has 0 radical (unpaired) electrons.